The lowest BCUT2D eigenvalue weighted by molar-refractivity contribution is 0.0742. The van der Waals surface area contributed by atoms with Gasteiger partial charge in [0, 0.05) is 24.2 Å². The minimum atomic E-state index is -0.0684. The number of aromatic nitrogens is 2. The summed E-state index contributed by atoms with van der Waals surface area (Å²) >= 11 is 0. The van der Waals surface area contributed by atoms with Gasteiger partial charge in [0.1, 0.15) is 0 Å². The molecule has 1 aliphatic heterocycles. The maximum atomic E-state index is 13.0. The normalized spacial score (nSPS) is 19.1. The van der Waals surface area contributed by atoms with Crippen LogP contribution in [0.15, 0.2) is 30.3 Å². The Morgan fingerprint density at radius 1 is 1.00 bits per heavy atom. The van der Waals surface area contributed by atoms with E-state index >= 15 is 0 Å². The summed E-state index contributed by atoms with van der Waals surface area (Å²) in [5, 5.41) is 6.90. The van der Waals surface area contributed by atoms with Crippen LogP contribution in [0, 0.1) is 6.92 Å². The minimum absolute atomic E-state index is 0.0684. The predicted molar refractivity (Wildman–Crippen MR) is 107 cm³/mol. The molecule has 27 heavy (non-hydrogen) atoms. The number of carbonyl (C=O) groups is 1. The first-order chi connectivity index (χ1) is 13.2. The molecule has 1 amide bonds. The number of carbonyl (C=O) groups excluding carboxylic acids is 1. The number of hydrazine groups is 1. The lowest BCUT2D eigenvalue weighted by Crippen LogP contribution is -2.45. The zero-order valence-electron chi connectivity index (χ0n) is 16.3. The van der Waals surface area contributed by atoms with Crippen molar-refractivity contribution in [2.24, 2.45) is 0 Å². The van der Waals surface area contributed by atoms with E-state index < -0.39 is 0 Å². The number of piperidine rings is 1. The fourth-order valence-corrected chi connectivity index (χ4v) is 4.47. The first kappa shape index (κ1) is 18.2. The lowest BCUT2D eigenvalue weighted by Gasteiger charge is -2.26. The van der Waals surface area contributed by atoms with E-state index in [-0.39, 0.29) is 5.91 Å². The molecule has 1 aromatic carbocycles. The van der Waals surface area contributed by atoms with Gasteiger partial charge in [0.25, 0.3) is 5.91 Å². The summed E-state index contributed by atoms with van der Waals surface area (Å²) in [5.41, 5.74) is 6.90. The molecule has 5 heteroatoms. The highest BCUT2D eigenvalue weighted by Crippen LogP contribution is 2.34. The highest BCUT2D eigenvalue weighted by Gasteiger charge is 2.27. The molecule has 1 saturated heterocycles. The maximum Gasteiger partial charge on any atom is 0.286 e. The van der Waals surface area contributed by atoms with E-state index in [1.165, 1.54) is 25.7 Å². The number of hydrogen-bond acceptors (Lipinski definition) is 3. The molecule has 1 saturated carbocycles. The largest absolute Gasteiger partial charge is 0.286 e. The van der Waals surface area contributed by atoms with Gasteiger partial charge >= 0.3 is 0 Å². The summed E-state index contributed by atoms with van der Waals surface area (Å²) in [7, 11) is 0. The number of nitrogens with one attached hydrogen (secondary N) is 1. The van der Waals surface area contributed by atoms with Gasteiger partial charge in [0.15, 0.2) is 5.69 Å². The topological polar surface area (TPSA) is 50.2 Å². The number of benzene rings is 1. The van der Waals surface area contributed by atoms with Crippen LogP contribution in [0.25, 0.3) is 11.3 Å². The molecule has 1 aliphatic carbocycles. The Kier molecular flexibility index (Phi) is 5.58. The lowest BCUT2D eigenvalue weighted by atomic mass is 9.95. The van der Waals surface area contributed by atoms with Crippen LogP contribution in [-0.4, -0.2) is 33.8 Å². The third-order valence-corrected chi connectivity index (χ3v) is 5.95. The Bertz CT molecular complexity index is 771. The van der Waals surface area contributed by atoms with E-state index in [4.69, 9.17) is 5.10 Å². The smallest absolute Gasteiger partial charge is 0.283 e. The van der Waals surface area contributed by atoms with Crippen molar-refractivity contribution in [3.05, 3.63) is 41.6 Å². The fraction of sp³-hybridized carbons (Fsp3) is 0.545. The second-order valence-electron chi connectivity index (χ2n) is 7.91. The van der Waals surface area contributed by atoms with E-state index in [0.717, 1.165) is 55.6 Å². The van der Waals surface area contributed by atoms with Gasteiger partial charge in [-0.2, -0.15) is 5.10 Å². The molecule has 1 aromatic heterocycles. The van der Waals surface area contributed by atoms with E-state index in [9.17, 15) is 4.79 Å². The number of hydrogen-bond donors (Lipinski definition) is 1. The molecule has 0 atom stereocenters. The van der Waals surface area contributed by atoms with Gasteiger partial charge in [0.2, 0.25) is 0 Å². The molecule has 144 valence electrons. The van der Waals surface area contributed by atoms with Crippen LogP contribution in [-0.2, 0) is 0 Å². The van der Waals surface area contributed by atoms with Gasteiger partial charge in [-0.25, -0.2) is 5.01 Å². The average Bonchev–Trinajstić information content (AvgIpc) is 3.07. The Morgan fingerprint density at radius 3 is 2.37 bits per heavy atom. The van der Waals surface area contributed by atoms with E-state index in [1.807, 2.05) is 18.0 Å². The van der Waals surface area contributed by atoms with E-state index in [2.05, 4.69) is 34.4 Å². The summed E-state index contributed by atoms with van der Waals surface area (Å²) in [5.74, 6) is -0.0684. The maximum absolute atomic E-state index is 13.0. The summed E-state index contributed by atoms with van der Waals surface area (Å²) in [6.07, 6.45) is 9.62. The molecule has 1 N–H and O–H groups in total. The SMILES string of the molecule is Cc1c(C(=O)NN2CCCCC2)nn(C2CCCCC2)c1-c1ccccc1. The van der Waals surface area contributed by atoms with Gasteiger partial charge in [-0.15, -0.1) is 0 Å². The minimum Gasteiger partial charge on any atom is -0.283 e. The number of amides is 1. The summed E-state index contributed by atoms with van der Waals surface area (Å²) in [6.45, 7) is 3.90. The van der Waals surface area contributed by atoms with Crippen molar-refractivity contribution < 1.29 is 4.79 Å². The molecular weight excluding hydrogens is 336 g/mol. The van der Waals surface area contributed by atoms with Gasteiger partial charge in [-0.05, 0) is 32.6 Å². The highest BCUT2D eigenvalue weighted by molar-refractivity contribution is 5.95. The highest BCUT2D eigenvalue weighted by atomic mass is 16.2. The van der Waals surface area contributed by atoms with E-state index in [1.54, 1.807) is 0 Å². The van der Waals surface area contributed by atoms with Gasteiger partial charge < -0.3 is 0 Å². The van der Waals surface area contributed by atoms with Gasteiger partial charge in [-0.1, -0.05) is 56.0 Å². The van der Waals surface area contributed by atoms with Gasteiger partial charge in [-0.3, -0.25) is 14.9 Å². The Balaban J connectivity index is 1.67. The van der Waals surface area contributed by atoms with Crippen LogP contribution in [0.4, 0.5) is 0 Å². The predicted octanol–water partition coefficient (Wildman–Crippen LogP) is 4.49. The molecule has 5 nitrogen and oxygen atoms in total. The number of nitrogens with zero attached hydrogens (tertiary/aromatic N) is 3. The van der Waals surface area contributed by atoms with Crippen molar-refractivity contribution in [2.45, 2.75) is 64.3 Å². The standard InChI is InChI=1S/C22H30N4O/c1-17-20(22(27)24-25-15-9-4-10-16-25)23-26(19-13-7-3-8-14-19)21(17)18-11-5-2-6-12-18/h2,5-6,11-12,19H,3-4,7-10,13-16H2,1H3,(H,24,27). The van der Waals surface area contributed by atoms with Crippen molar-refractivity contribution >= 4 is 5.91 Å². The summed E-state index contributed by atoms with van der Waals surface area (Å²) < 4.78 is 2.15. The molecule has 2 fully saturated rings. The Morgan fingerprint density at radius 2 is 1.67 bits per heavy atom. The monoisotopic (exact) mass is 366 g/mol. The summed E-state index contributed by atoms with van der Waals surface area (Å²) in [4.78, 5) is 13.0. The quantitative estimate of drug-likeness (QED) is 0.867. The average molecular weight is 367 g/mol. The van der Waals surface area contributed by atoms with Crippen LogP contribution in [0.1, 0.15) is 73.5 Å². The molecular formula is C22H30N4O. The van der Waals surface area contributed by atoms with Crippen molar-refractivity contribution in [1.82, 2.24) is 20.2 Å². The molecule has 2 aliphatic rings. The summed E-state index contributed by atoms with van der Waals surface area (Å²) in [6, 6.07) is 10.8. The zero-order chi connectivity index (χ0) is 18.6. The molecule has 2 aromatic rings. The molecule has 2 heterocycles. The first-order valence-electron chi connectivity index (χ1n) is 10.4. The molecule has 0 bridgehead atoms. The van der Waals surface area contributed by atoms with E-state index in [0.29, 0.717) is 11.7 Å². The van der Waals surface area contributed by atoms with Crippen LogP contribution in [0.5, 0.6) is 0 Å². The van der Waals surface area contributed by atoms with Crippen molar-refractivity contribution in [1.29, 1.82) is 0 Å². The molecule has 0 unspecified atom stereocenters. The van der Waals surface area contributed by atoms with Crippen molar-refractivity contribution in [3.63, 3.8) is 0 Å². The van der Waals surface area contributed by atoms with Gasteiger partial charge in [0.05, 0.1) is 11.7 Å². The second-order valence-corrected chi connectivity index (χ2v) is 7.91. The Labute approximate surface area is 161 Å². The third kappa shape index (κ3) is 3.93. The third-order valence-electron chi connectivity index (χ3n) is 5.95. The van der Waals surface area contributed by atoms with Crippen LogP contribution in [0.2, 0.25) is 0 Å². The molecule has 0 radical (unpaired) electrons. The molecule has 0 spiro atoms. The van der Waals surface area contributed by atoms with Crippen molar-refractivity contribution in [2.75, 3.05) is 13.1 Å². The van der Waals surface area contributed by atoms with Crippen LogP contribution >= 0.6 is 0 Å². The van der Waals surface area contributed by atoms with Crippen LogP contribution < -0.4 is 5.43 Å². The zero-order valence-corrected chi connectivity index (χ0v) is 16.3. The first-order valence-corrected chi connectivity index (χ1v) is 10.4. The number of rotatable bonds is 4. The Hall–Kier alpha value is -2.14. The molecule has 4 rings (SSSR count). The fourth-order valence-electron chi connectivity index (χ4n) is 4.47. The van der Waals surface area contributed by atoms with Crippen LogP contribution in [0.3, 0.4) is 0 Å². The second kappa shape index (κ2) is 8.26. The van der Waals surface area contributed by atoms with Crippen molar-refractivity contribution in [3.8, 4) is 11.3 Å².